The van der Waals surface area contributed by atoms with E-state index in [0.29, 0.717) is 22.3 Å². The summed E-state index contributed by atoms with van der Waals surface area (Å²) in [5.74, 6) is -0.255. The van der Waals surface area contributed by atoms with Crippen LogP contribution in [-0.4, -0.2) is 21.1 Å². The maximum absolute atomic E-state index is 13.1. The minimum absolute atomic E-state index is 0.0141. The number of carbonyl (C=O) groups is 1. The minimum Gasteiger partial charge on any atom is -0.352 e. The molecule has 1 N–H and O–H groups in total. The van der Waals surface area contributed by atoms with Gasteiger partial charge in [-0.2, -0.15) is 0 Å². The van der Waals surface area contributed by atoms with Gasteiger partial charge < -0.3 is 5.32 Å². The molecule has 1 heterocycles. The van der Waals surface area contributed by atoms with E-state index in [4.69, 9.17) is 11.6 Å². The first-order valence-corrected chi connectivity index (χ1v) is 10.0. The summed E-state index contributed by atoms with van der Waals surface area (Å²) in [4.78, 5) is 38.4. The standard InChI is InChI=1S/C22H24ClN3O3/c1-3-15(2)24-20(27)14-26-19-7-5-4-6-18(19)21(28)25(22(26)29)13-12-16-8-10-17(23)11-9-16/h4-11,15H,3,12-14H2,1-2H3,(H,24,27). The van der Waals surface area contributed by atoms with Crippen LogP contribution in [0.5, 0.6) is 0 Å². The Bertz CT molecular complexity index is 1130. The Hall–Kier alpha value is -2.86. The molecular weight excluding hydrogens is 390 g/mol. The largest absolute Gasteiger partial charge is 0.352 e. The van der Waals surface area contributed by atoms with Gasteiger partial charge in [-0.3, -0.25) is 18.7 Å². The van der Waals surface area contributed by atoms with Crippen LogP contribution in [0.15, 0.2) is 58.1 Å². The molecule has 1 unspecified atom stereocenters. The lowest BCUT2D eigenvalue weighted by Crippen LogP contribution is -2.44. The number of benzene rings is 2. The van der Waals surface area contributed by atoms with E-state index < -0.39 is 5.69 Å². The highest BCUT2D eigenvalue weighted by Gasteiger charge is 2.16. The van der Waals surface area contributed by atoms with Crippen molar-refractivity contribution >= 4 is 28.4 Å². The molecule has 7 heteroatoms. The van der Waals surface area contributed by atoms with E-state index >= 15 is 0 Å². The first-order chi connectivity index (χ1) is 13.9. The Morgan fingerprint density at radius 3 is 2.45 bits per heavy atom. The number of aryl methyl sites for hydroxylation is 1. The summed E-state index contributed by atoms with van der Waals surface area (Å²) in [6.45, 7) is 3.97. The second kappa shape index (κ2) is 9.09. The van der Waals surface area contributed by atoms with E-state index in [9.17, 15) is 14.4 Å². The van der Waals surface area contributed by atoms with Crippen LogP contribution in [0.25, 0.3) is 10.9 Å². The van der Waals surface area contributed by atoms with E-state index in [2.05, 4.69) is 5.32 Å². The number of aromatic nitrogens is 2. The number of carbonyl (C=O) groups excluding carboxylic acids is 1. The van der Waals surface area contributed by atoms with Gasteiger partial charge >= 0.3 is 5.69 Å². The zero-order chi connectivity index (χ0) is 21.0. The third-order valence-corrected chi connectivity index (χ3v) is 5.24. The van der Waals surface area contributed by atoms with Crippen molar-refractivity contribution in [2.75, 3.05) is 0 Å². The Kier molecular flexibility index (Phi) is 6.54. The van der Waals surface area contributed by atoms with Gasteiger partial charge in [-0.15, -0.1) is 0 Å². The van der Waals surface area contributed by atoms with Gasteiger partial charge in [0.1, 0.15) is 6.54 Å². The molecule has 0 radical (unpaired) electrons. The fraction of sp³-hybridized carbons (Fsp3) is 0.318. The monoisotopic (exact) mass is 413 g/mol. The van der Waals surface area contributed by atoms with Gasteiger partial charge in [-0.25, -0.2) is 4.79 Å². The zero-order valence-electron chi connectivity index (χ0n) is 16.5. The first-order valence-electron chi connectivity index (χ1n) is 9.67. The first kappa shape index (κ1) is 20.9. The maximum atomic E-state index is 13.1. The van der Waals surface area contributed by atoms with Crippen molar-refractivity contribution in [1.82, 2.24) is 14.5 Å². The van der Waals surface area contributed by atoms with Crippen molar-refractivity contribution in [2.24, 2.45) is 0 Å². The van der Waals surface area contributed by atoms with Gasteiger partial charge in [0.15, 0.2) is 0 Å². The Labute approximate surface area is 173 Å². The highest BCUT2D eigenvalue weighted by Crippen LogP contribution is 2.11. The predicted molar refractivity (Wildman–Crippen MR) is 116 cm³/mol. The molecule has 0 aliphatic rings. The number of hydrogen-bond acceptors (Lipinski definition) is 3. The smallest absolute Gasteiger partial charge is 0.331 e. The normalized spacial score (nSPS) is 12.1. The van der Waals surface area contributed by atoms with Gasteiger partial charge in [-0.1, -0.05) is 42.8 Å². The van der Waals surface area contributed by atoms with Crippen LogP contribution in [0.2, 0.25) is 5.02 Å². The second-order valence-electron chi connectivity index (χ2n) is 7.10. The summed E-state index contributed by atoms with van der Waals surface area (Å²) in [7, 11) is 0. The summed E-state index contributed by atoms with van der Waals surface area (Å²) in [6, 6.07) is 14.2. The molecule has 1 atom stereocenters. The van der Waals surface area contributed by atoms with Crippen LogP contribution in [-0.2, 0) is 24.3 Å². The van der Waals surface area contributed by atoms with Crippen LogP contribution < -0.4 is 16.6 Å². The Morgan fingerprint density at radius 1 is 1.07 bits per heavy atom. The van der Waals surface area contributed by atoms with Gasteiger partial charge in [0.05, 0.1) is 10.9 Å². The van der Waals surface area contributed by atoms with Crippen molar-refractivity contribution in [3.63, 3.8) is 0 Å². The summed E-state index contributed by atoms with van der Waals surface area (Å²) < 4.78 is 2.57. The average Bonchev–Trinajstić information content (AvgIpc) is 2.72. The lowest BCUT2D eigenvalue weighted by molar-refractivity contribution is -0.122. The highest BCUT2D eigenvalue weighted by molar-refractivity contribution is 6.30. The van der Waals surface area contributed by atoms with Gasteiger partial charge in [0.25, 0.3) is 5.56 Å². The Morgan fingerprint density at radius 2 is 1.76 bits per heavy atom. The predicted octanol–water partition coefficient (Wildman–Crippen LogP) is 2.97. The lowest BCUT2D eigenvalue weighted by atomic mass is 10.1. The summed E-state index contributed by atoms with van der Waals surface area (Å²) in [5.41, 5.74) is 0.597. The maximum Gasteiger partial charge on any atom is 0.331 e. The van der Waals surface area contributed by atoms with Crippen LogP contribution in [0.3, 0.4) is 0 Å². The second-order valence-corrected chi connectivity index (χ2v) is 7.53. The van der Waals surface area contributed by atoms with Gasteiger partial charge in [-0.05, 0) is 49.6 Å². The van der Waals surface area contributed by atoms with Crippen LogP contribution >= 0.6 is 11.6 Å². The third kappa shape index (κ3) is 4.77. The molecule has 29 heavy (non-hydrogen) atoms. The number of nitrogens with zero attached hydrogens (tertiary/aromatic N) is 2. The van der Waals surface area contributed by atoms with E-state index in [0.717, 1.165) is 12.0 Å². The van der Waals surface area contributed by atoms with Crippen molar-refractivity contribution in [2.45, 2.75) is 45.8 Å². The van der Waals surface area contributed by atoms with E-state index in [1.54, 1.807) is 36.4 Å². The van der Waals surface area contributed by atoms with Crippen molar-refractivity contribution in [3.05, 3.63) is 80.0 Å². The summed E-state index contributed by atoms with van der Waals surface area (Å²) >= 11 is 5.91. The fourth-order valence-electron chi connectivity index (χ4n) is 3.18. The number of hydrogen-bond donors (Lipinski definition) is 1. The molecule has 2 aromatic carbocycles. The molecule has 1 aromatic heterocycles. The number of amides is 1. The summed E-state index contributed by atoms with van der Waals surface area (Å²) in [6.07, 6.45) is 1.30. The molecule has 3 aromatic rings. The summed E-state index contributed by atoms with van der Waals surface area (Å²) in [5, 5.41) is 3.92. The average molecular weight is 414 g/mol. The molecule has 0 aliphatic heterocycles. The number of fused-ring (bicyclic) bond motifs is 1. The van der Waals surface area contributed by atoms with Crippen molar-refractivity contribution in [3.8, 4) is 0 Å². The molecule has 0 saturated carbocycles. The van der Waals surface area contributed by atoms with Crippen LogP contribution in [0, 0.1) is 0 Å². The number of nitrogens with one attached hydrogen (secondary N) is 1. The van der Waals surface area contributed by atoms with E-state index in [1.165, 1.54) is 9.13 Å². The highest BCUT2D eigenvalue weighted by atomic mass is 35.5. The third-order valence-electron chi connectivity index (χ3n) is 4.99. The van der Waals surface area contributed by atoms with Crippen LogP contribution in [0.1, 0.15) is 25.8 Å². The molecule has 1 amide bonds. The zero-order valence-corrected chi connectivity index (χ0v) is 17.3. The number of para-hydroxylation sites is 1. The van der Waals surface area contributed by atoms with Crippen molar-refractivity contribution in [1.29, 1.82) is 0 Å². The molecule has 6 nitrogen and oxygen atoms in total. The number of halogens is 1. The molecule has 0 fully saturated rings. The molecule has 0 aliphatic carbocycles. The van der Waals surface area contributed by atoms with Gasteiger partial charge in [0.2, 0.25) is 5.91 Å². The molecule has 0 saturated heterocycles. The lowest BCUT2D eigenvalue weighted by Gasteiger charge is -2.16. The van der Waals surface area contributed by atoms with E-state index in [1.807, 2.05) is 26.0 Å². The molecule has 0 bridgehead atoms. The fourth-order valence-corrected chi connectivity index (χ4v) is 3.30. The molecule has 152 valence electrons. The van der Waals surface area contributed by atoms with Crippen LogP contribution in [0.4, 0.5) is 0 Å². The molecular formula is C22H24ClN3O3. The minimum atomic E-state index is -0.484. The van der Waals surface area contributed by atoms with E-state index in [-0.39, 0.29) is 30.6 Å². The number of rotatable bonds is 7. The topological polar surface area (TPSA) is 73.1 Å². The molecule has 0 spiro atoms. The SMILES string of the molecule is CCC(C)NC(=O)Cn1c(=O)n(CCc2ccc(Cl)cc2)c(=O)c2ccccc21. The van der Waals surface area contributed by atoms with Crippen molar-refractivity contribution < 1.29 is 4.79 Å². The van der Waals surface area contributed by atoms with Gasteiger partial charge in [0, 0.05) is 17.6 Å². The quantitative estimate of drug-likeness (QED) is 0.647. The molecule has 3 rings (SSSR count). The Balaban J connectivity index is 1.99.